The van der Waals surface area contributed by atoms with Gasteiger partial charge in [-0.1, -0.05) is 43.8 Å². The molecule has 2 aromatic rings. The molecule has 2 aromatic carbocycles. The van der Waals surface area contributed by atoms with Gasteiger partial charge in [0.25, 0.3) is 0 Å². The Morgan fingerprint density at radius 2 is 1.37 bits per heavy atom. The van der Waals surface area contributed by atoms with Gasteiger partial charge in [-0.2, -0.15) is 0 Å². The molecule has 0 heterocycles. The van der Waals surface area contributed by atoms with Gasteiger partial charge in [0.15, 0.2) is 7.14 Å². The molecule has 0 atom stereocenters. The summed E-state index contributed by atoms with van der Waals surface area (Å²) in [4.78, 5) is 13.5. The van der Waals surface area contributed by atoms with Crippen LogP contribution in [-0.4, -0.2) is 22.9 Å². The molecule has 0 amide bonds. The molecule has 0 unspecified atom stereocenters. The first-order valence-electron chi connectivity index (χ1n) is 8.04. The van der Waals surface area contributed by atoms with Crippen molar-refractivity contribution in [2.45, 2.75) is 13.3 Å². The Kier molecular flexibility index (Phi) is 10.5. The fraction of sp³-hybridized carbons (Fsp3) is 0.167. The molecule has 0 aliphatic rings. The number of carboxylic acid groups (broad SMARTS) is 1. The molecule has 0 radical (unpaired) electrons. The van der Waals surface area contributed by atoms with Gasteiger partial charge in [0.05, 0.1) is 0 Å². The SMILES string of the molecule is C=C(COO)c1ccc([I+]c2ccccc2)cc1.CCC(=O)O.F[P-](F)(F)(F)(F)F. The van der Waals surface area contributed by atoms with E-state index in [4.69, 9.17) is 10.4 Å². The minimum absolute atomic E-state index is 0.123. The predicted molar refractivity (Wildman–Crippen MR) is 99.4 cm³/mol. The van der Waals surface area contributed by atoms with E-state index in [1.165, 1.54) is 7.14 Å². The molecule has 2 rings (SSSR count). The van der Waals surface area contributed by atoms with E-state index in [2.05, 4.69) is 47.9 Å². The molecule has 4 nitrogen and oxygen atoms in total. The number of hydrogen-bond acceptors (Lipinski definition) is 3. The van der Waals surface area contributed by atoms with Gasteiger partial charge >= 0.3 is 60.2 Å². The van der Waals surface area contributed by atoms with Crippen molar-refractivity contribution >= 4 is 19.4 Å². The Labute approximate surface area is 179 Å². The summed E-state index contributed by atoms with van der Waals surface area (Å²) in [5.41, 5.74) is 1.78. The van der Waals surface area contributed by atoms with Crippen molar-refractivity contribution in [1.82, 2.24) is 0 Å². The molecular formula is C18H20F6IO4P. The first-order chi connectivity index (χ1) is 13.5. The van der Waals surface area contributed by atoms with Gasteiger partial charge in [-0.3, -0.25) is 10.1 Å². The van der Waals surface area contributed by atoms with E-state index in [9.17, 15) is 30.0 Å². The van der Waals surface area contributed by atoms with E-state index in [1.807, 2.05) is 18.2 Å². The average molecular weight is 572 g/mol. The van der Waals surface area contributed by atoms with Gasteiger partial charge in [-0.15, -0.1) is 0 Å². The molecule has 0 fully saturated rings. The zero-order valence-corrected chi connectivity index (χ0v) is 18.7. The first kappa shape index (κ1) is 28.3. The average Bonchev–Trinajstić information content (AvgIpc) is 2.61. The quantitative estimate of drug-likeness (QED) is 0.179. The van der Waals surface area contributed by atoms with E-state index >= 15 is 0 Å². The normalized spacial score (nSPS) is 12.8. The van der Waals surface area contributed by atoms with Crippen LogP contribution < -0.4 is 21.2 Å². The molecule has 2 N–H and O–H groups in total. The Balaban J connectivity index is 0.000000581. The molecule has 0 aromatic heterocycles. The molecule has 12 heteroatoms. The summed E-state index contributed by atoms with van der Waals surface area (Å²) >= 11 is -0.123. The standard InChI is InChI=1S/C15H13IO2.C3H6O2.F6P/c1-12(11-18-17)13-7-9-15(10-8-13)16-14-5-3-2-4-6-14;1-2-3(4)5;1-7(2,3,4,5)6/h2-10H,1,11H2;2H2,1H3,(H,4,5);/q;;-1/p+1. The summed E-state index contributed by atoms with van der Waals surface area (Å²) in [5, 5.41) is 16.1. The monoisotopic (exact) mass is 572 g/mol. The fourth-order valence-electron chi connectivity index (χ4n) is 1.51. The number of aliphatic carboxylic acids is 1. The number of carbonyl (C=O) groups is 1. The van der Waals surface area contributed by atoms with Crippen LogP contribution in [-0.2, 0) is 9.68 Å². The van der Waals surface area contributed by atoms with Crippen LogP contribution in [0.5, 0.6) is 0 Å². The van der Waals surface area contributed by atoms with Gasteiger partial charge in [-0.05, 0) is 35.4 Å². The Hall–Kier alpha value is -1.69. The van der Waals surface area contributed by atoms with E-state index in [0.29, 0.717) is 0 Å². The van der Waals surface area contributed by atoms with Crippen molar-refractivity contribution in [3.8, 4) is 0 Å². The minimum atomic E-state index is -10.7. The molecule has 0 bridgehead atoms. The van der Waals surface area contributed by atoms with Crippen LogP contribution in [0.4, 0.5) is 25.2 Å². The number of carboxylic acids is 1. The Bertz CT molecular complexity index is 801. The van der Waals surface area contributed by atoms with Gasteiger partial charge in [0.2, 0.25) is 0 Å². The van der Waals surface area contributed by atoms with Crippen LogP contribution in [0.2, 0.25) is 0 Å². The number of benzene rings is 2. The third-order valence-electron chi connectivity index (χ3n) is 2.75. The van der Waals surface area contributed by atoms with Crippen LogP contribution in [0.3, 0.4) is 0 Å². The summed E-state index contributed by atoms with van der Waals surface area (Å²) in [7, 11) is -10.7. The van der Waals surface area contributed by atoms with E-state index in [-0.39, 0.29) is 34.2 Å². The molecular weight excluding hydrogens is 552 g/mol. The molecule has 0 saturated heterocycles. The molecule has 0 saturated carbocycles. The first-order valence-corrected chi connectivity index (χ1v) is 12.2. The predicted octanol–water partition coefficient (Wildman–Crippen LogP) is 4.18. The third kappa shape index (κ3) is 19.6. The summed E-state index contributed by atoms with van der Waals surface area (Å²) < 4.78 is 62.0. The van der Waals surface area contributed by atoms with E-state index < -0.39 is 13.8 Å². The van der Waals surface area contributed by atoms with Gasteiger partial charge in [-0.25, -0.2) is 4.89 Å². The molecule has 0 spiro atoms. The zero-order chi connectivity index (χ0) is 23.5. The second-order valence-corrected chi connectivity index (χ2v) is 10.4. The van der Waals surface area contributed by atoms with E-state index in [1.54, 1.807) is 6.92 Å². The van der Waals surface area contributed by atoms with Crippen LogP contribution in [0.15, 0.2) is 61.2 Å². The van der Waals surface area contributed by atoms with Crippen LogP contribution in [0.1, 0.15) is 18.9 Å². The van der Waals surface area contributed by atoms with Crippen molar-refractivity contribution < 1.29 is 66.4 Å². The van der Waals surface area contributed by atoms with Gasteiger partial charge < -0.3 is 5.11 Å². The van der Waals surface area contributed by atoms with Crippen molar-refractivity contribution in [2.24, 2.45) is 0 Å². The second-order valence-electron chi connectivity index (χ2n) is 5.48. The zero-order valence-electron chi connectivity index (χ0n) is 15.6. The molecule has 170 valence electrons. The third-order valence-corrected chi connectivity index (χ3v) is 5.43. The van der Waals surface area contributed by atoms with Gasteiger partial charge in [0, 0.05) is 6.42 Å². The molecule has 0 aliphatic carbocycles. The summed E-state index contributed by atoms with van der Waals surface area (Å²) in [5.74, 6) is -0.745. The maximum atomic E-state index is 9.87. The van der Waals surface area contributed by atoms with Gasteiger partial charge in [0.1, 0.15) is 6.61 Å². The number of rotatable bonds is 6. The topological polar surface area (TPSA) is 66.8 Å². The molecule has 0 aliphatic heterocycles. The fourth-order valence-corrected chi connectivity index (χ4v) is 3.73. The van der Waals surface area contributed by atoms with Crippen molar-refractivity contribution in [1.29, 1.82) is 0 Å². The summed E-state index contributed by atoms with van der Waals surface area (Å²) in [6.07, 6.45) is 0.222. The van der Waals surface area contributed by atoms with Crippen LogP contribution in [0, 0.1) is 7.14 Å². The van der Waals surface area contributed by atoms with Crippen molar-refractivity contribution in [3.05, 3.63) is 73.9 Å². The summed E-state index contributed by atoms with van der Waals surface area (Å²) in [6, 6.07) is 18.8. The second kappa shape index (κ2) is 11.1. The number of halogens is 7. The molecule has 30 heavy (non-hydrogen) atoms. The Morgan fingerprint density at radius 3 is 1.73 bits per heavy atom. The maximum absolute atomic E-state index is 10.7. The number of hydrogen-bond donors (Lipinski definition) is 2. The Morgan fingerprint density at radius 1 is 0.967 bits per heavy atom. The summed E-state index contributed by atoms with van der Waals surface area (Å²) in [6.45, 7) is 5.60. The van der Waals surface area contributed by atoms with Crippen molar-refractivity contribution in [2.75, 3.05) is 6.61 Å². The van der Waals surface area contributed by atoms with E-state index in [0.717, 1.165) is 11.1 Å². The van der Waals surface area contributed by atoms with Crippen LogP contribution in [0.25, 0.3) is 5.57 Å². The van der Waals surface area contributed by atoms with Crippen LogP contribution >= 0.6 is 7.81 Å². The van der Waals surface area contributed by atoms with Crippen molar-refractivity contribution in [3.63, 3.8) is 0 Å².